The van der Waals surface area contributed by atoms with Gasteiger partial charge < -0.3 is 16.8 Å². The molecule has 1 aromatic carbocycles. The average molecular weight is 289 g/mol. The standard InChI is InChI=1S/C15H19N3OS/c1-2-4-13(14-5-3-6-20-14)18-15(19)10-7-11(16)9-12(17)8-10/h3,5-9,13H,2,4,16-17H2,1H3,(H,18,19). The molecule has 5 heteroatoms. The first kappa shape index (κ1) is 14.4. The van der Waals surface area contributed by atoms with Gasteiger partial charge in [-0.1, -0.05) is 19.4 Å². The van der Waals surface area contributed by atoms with Gasteiger partial charge in [0.2, 0.25) is 0 Å². The van der Waals surface area contributed by atoms with Crippen molar-refractivity contribution in [2.75, 3.05) is 11.5 Å². The van der Waals surface area contributed by atoms with Crippen molar-refractivity contribution in [3.8, 4) is 0 Å². The van der Waals surface area contributed by atoms with Gasteiger partial charge in [0, 0.05) is 21.8 Å². The molecule has 0 saturated heterocycles. The molecule has 2 aromatic rings. The van der Waals surface area contributed by atoms with Crippen LogP contribution in [-0.4, -0.2) is 5.91 Å². The first-order chi connectivity index (χ1) is 9.60. The molecule has 1 amide bonds. The van der Waals surface area contributed by atoms with E-state index in [0.717, 1.165) is 17.7 Å². The van der Waals surface area contributed by atoms with E-state index >= 15 is 0 Å². The summed E-state index contributed by atoms with van der Waals surface area (Å²) < 4.78 is 0. The molecular weight excluding hydrogens is 270 g/mol. The van der Waals surface area contributed by atoms with E-state index in [2.05, 4.69) is 12.2 Å². The van der Waals surface area contributed by atoms with Gasteiger partial charge in [0.25, 0.3) is 5.91 Å². The Hall–Kier alpha value is -2.01. The number of hydrogen-bond acceptors (Lipinski definition) is 4. The van der Waals surface area contributed by atoms with Crippen molar-refractivity contribution in [3.05, 3.63) is 46.2 Å². The molecule has 0 saturated carbocycles. The number of thiophene rings is 1. The number of carbonyl (C=O) groups is 1. The SMILES string of the molecule is CCCC(NC(=O)c1cc(N)cc(N)c1)c1cccs1. The molecule has 0 aliphatic rings. The minimum atomic E-state index is -0.143. The maximum absolute atomic E-state index is 12.3. The summed E-state index contributed by atoms with van der Waals surface area (Å²) in [6, 6.07) is 8.99. The molecule has 0 fully saturated rings. The predicted octanol–water partition coefficient (Wildman–Crippen LogP) is 3.18. The van der Waals surface area contributed by atoms with Crippen LogP contribution in [0.1, 0.15) is 41.0 Å². The lowest BCUT2D eigenvalue weighted by atomic mass is 10.1. The van der Waals surface area contributed by atoms with E-state index in [1.165, 1.54) is 0 Å². The zero-order chi connectivity index (χ0) is 14.5. The van der Waals surface area contributed by atoms with E-state index in [1.54, 1.807) is 29.5 Å². The number of carbonyl (C=O) groups excluding carboxylic acids is 1. The molecule has 1 unspecified atom stereocenters. The van der Waals surface area contributed by atoms with Gasteiger partial charge in [-0.2, -0.15) is 0 Å². The Labute approximate surface area is 122 Å². The van der Waals surface area contributed by atoms with Crippen molar-refractivity contribution in [1.82, 2.24) is 5.32 Å². The maximum atomic E-state index is 12.3. The third-order valence-corrected chi connectivity index (χ3v) is 4.00. The first-order valence-electron chi connectivity index (χ1n) is 6.60. The third-order valence-electron chi connectivity index (χ3n) is 3.01. The van der Waals surface area contributed by atoms with Gasteiger partial charge in [0.15, 0.2) is 0 Å². The minimum Gasteiger partial charge on any atom is -0.399 e. The Morgan fingerprint density at radius 1 is 1.30 bits per heavy atom. The molecule has 0 radical (unpaired) electrons. The smallest absolute Gasteiger partial charge is 0.251 e. The normalized spacial score (nSPS) is 12.1. The molecule has 0 aliphatic carbocycles. The van der Waals surface area contributed by atoms with Crippen LogP contribution in [-0.2, 0) is 0 Å². The van der Waals surface area contributed by atoms with Crippen molar-refractivity contribution in [1.29, 1.82) is 0 Å². The highest BCUT2D eigenvalue weighted by Gasteiger charge is 2.16. The summed E-state index contributed by atoms with van der Waals surface area (Å²) in [5.41, 5.74) is 12.9. The maximum Gasteiger partial charge on any atom is 0.251 e. The van der Waals surface area contributed by atoms with Crippen LogP contribution in [0.4, 0.5) is 11.4 Å². The predicted molar refractivity (Wildman–Crippen MR) is 84.7 cm³/mol. The molecule has 0 aliphatic heterocycles. The number of nitrogen functional groups attached to an aromatic ring is 2. The quantitative estimate of drug-likeness (QED) is 0.739. The molecule has 1 aromatic heterocycles. The van der Waals surface area contributed by atoms with E-state index in [4.69, 9.17) is 11.5 Å². The summed E-state index contributed by atoms with van der Waals surface area (Å²) in [6.45, 7) is 2.10. The van der Waals surface area contributed by atoms with E-state index in [1.807, 2.05) is 17.5 Å². The third kappa shape index (κ3) is 3.51. The number of nitrogens with one attached hydrogen (secondary N) is 1. The van der Waals surface area contributed by atoms with Gasteiger partial charge in [0.05, 0.1) is 6.04 Å². The van der Waals surface area contributed by atoms with Crippen LogP contribution >= 0.6 is 11.3 Å². The van der Waals surface area contributed by atoms with Crippen LogP contribution in [0.15, 0.2) is 35.7 Å². The summed E-state index contributed by atoms with van der Waals surface area (Å²) in [7, 11) is 0. The van der Waals surface area contributed by atoms with Crippen LogP contribution in [0.25, 0.3) is 0 Å². The molecule has 1 atom stereocenters. The molecule has 20 heavy (non-hydrogen) atoms. The van der Waals surface area contributed by atoms with E-state index in [-0.39, 0.29) is 11.9 Å². The second-order valence-corrected chi connectivity index (χ2v) is 5.70. The second-order valence-electron chi connectivity index (χ2n) is 4.72. The molecule has 2 rings (SSSR count). The number of nitrogens with two attached hydrogens (primary N) is 2. The Kier molecular flexibility index (Phi) is 4.63. The summed E-state index contributed by atoms with van der Waals surface area (Å²) in [5, 5.41) is 5.07. The highest BCUT2D eigenvalue weighted by Crippen LogP contribution is 2.24. The Morgan fingerprint density at radius 3 is 2.55 bits per heavy atom. The Bertz CT molecular complexity index is 561. The van der Waals surface area contributed by atoms with Gasteiger partial charge in [-0.05, 0) is 36.1 Å². The van der Waals surface area contributed by atoms with Gasteiger partial charge in [-0.15, -0.1) is 11.3 Å². The van der Waals surface area contributed by atoms with Crippen LogP contribution in [0, 0.1) is 0 Å². The number of anilines is 2. The van der Waals surface area contributed by atoms with Gasteiger partial charge in [0.1, 0.15) is 0 Å². The highest BCUT2D eigenvalue weighted by molar-refractivity contribution is 7.10. The summed E-state index contributed by atoms with van der Waals surface area (Å²) in [6.07, 6.45) is 1.91. The molecule has 4 nitrogen and oxygen atoms in total. The molecule has 0 spiro atoms. The Balaban J connectivity index is 2.16. The number of benzene rings is 1. The van der Waals surface area contributed by atoms with Crippen molar-refractivity contribution in [2.24, 2.45) is 0 Å². The van der Waals surface area contributed by atoms with E-state index < -0.39 is 0 Å². The van der Waals surface area contributed by atoms with Crippen molar-refractivity contribution in [2.45, 2.75) is 25.8 Å². The van der Waals surface area contributed by atoms with Crippen LogP contribution in [0.2, 0.25) is 0 Å². The molecule has 0 bridgehead atoms. The van der Waals surface area contributed by atoms with Crippen LogP contribution < -0.4 is 16.8 Å². The number of hydrogen-bond donors (Lipinski definition) is 3. The fourth-order valence-corrected chi connectivity index (χ4v) is 2.93. The Morgan fingerprint density at radius 2 is 2.00 bits per heavy atom. The monoisotopic (exact) mass is 289 g/mol. The highest BCUT2D eigenvalue weighted by atomic mass is 32.1. The molecule has 1 heterocycles. The minimum absolute atomic E-state index is 0.0372. The van der Waals surface area contributed by atoms with Crippen molar-refractivity contribution in [3.63, 3.8) is 0 Å². The molecule has 5 N–H and O–H groups in total. The lowest BCUT2D eigenvalue weighted by Gasteiger charge is -2.17. The van der Waals surface area contributed by atoms with E-state index in [9.17, 15) is 4.79 Å². The van der Waals surface area contributed by atoms with Crippen molar-refractivity contribution >= 4 is 28.6 Å². The summed E-state index contributed by atoms with van der Waals surface area (Å²) >= 11 is 1.65. The van der Waals surface area contributed by atoms with Crippen LogP contribution in [0.3, 0.4) is 0 Å². The molecular formula is C15H19N3OS. The average Bonchev–Trinajstić information content (AvgIpc) is 2.90. The zero-order valence-electron chi connectivity index (χ0n) is 11.4. The zero-order valence-corrected chi connectivity index (χ0v) is 12.2. The van der Waals surface area contributed by atoms with Gasteiger partial charge in [-0.25, -0.2) is 0 Å². The summed E-state index contributed by atoms with van der Waals surface area (Å²) in [4.78, 5) is 13.5. The van der Waals surface area contributed by atoms with Crippen molar-refractivity contribution < 1.29 is 4.79 Å². The lowest BCUT2D eigenvalue weighted by molar-refractivity contribution is 0.0935. The van der Waals surface area contributed by atoms with Gasteiger partial charge in [-0.3, -0.25) is 4.79 Å². The molecule has 106 valence electrons. The van der Waals surface area contributed by atoms with Crippen LogP contribution in [0.5, 0.6) is 0 Å². The number of rotatable bonds is 5. The lowest BCUT2D eigenvalue weighted by Crippen LogP contribution is -2.28. The van der Waals surface area contributed by atoms with E-state index in [0.29, 0.717) is 16.9 Å². The second kappa shape index (κ2) is 6.43. The van der Waals surface area contributed by atoms with Gasteiger partial charge >= 0.3 is 0 Å². The fourth-order valence-electron chi connectivity index (χ4n) is 2.11. The fraction of sp³-hybridized carbons (Fsp3) is 0.267. The first-order valence-corrected chi connectivity index (χ1v) is 7.48. The largest absolute Gasteiger partial charge is 0.399 e. The number of amides is 1. The summed E-state index contributed by atoms with van der Waals surface area (Å²) in [5.74, 6) is -0.143. The topological polar surface area (TPSA) is 81.1 Å².